The summed E-state index contributed by atoms with van der Waals surface area (Å²) in [5.41, 5.74) is 0.0983. The molecular weight excluding hydrogens is 216 g/mol. The Bertz CT molecular complexity index is 392. The van der Waals surface area contributed by atoms with E-state index in [9.17, 15) is 13.5 Å². The van der Waals surface area contributed by atoms with Crippen molar-refractivity contribution in [3.8, 4) is 11.5 Å². The van der Waals surface area contributed by atoms with Crippen molar-refractivity contribution in [2.24, 2.45) is 0 Å². The lowest BCUT2D eigenvalue weighted by Gasteiger charge is -2.03. The summed E-state index contributed by atoms with van der Waals surface area (Å²) in [6.07, 6.45) is 0. The van der Waals surface area contributed by atoms with E-state index in [1.807, 2.05) is 0 Å². The van der Waals surface area contributed by atoms with Crippen molar-refractivity contribution in [2.75, 3.05) is 0 Å². The Morgan fingerprint density at radius 2 is 1.92 bits per heavy atom. The molecule has 0 saturated heterocycles. The lowest BCUT2D eigenvalue weighted by Crippen LogP contribution is -1.88. The summed E-state index contributed by atoms with van der Waals surface area (Å²) in [7, 11) is -2.65. The molecule has 1 rings (SSSR count). The number of thiol groups is 1. The lowest BCUT2D eigenvalue weighted by atomic mass is 10.2. The molecule has 0 heterocycles. The van der Waals surface area contributed by atoms with Gasteiger partial charge in [-0.15, -0.1) is 0 Å². The number of phenols is 2. The largest absolute Gasteiger partial charge is 0.504 e. The molecule has 0 atom stereocenters. The quantitative estimate of drug-likeness (QED) is 0.513. The topological polar surface area (TPSA) is 74.6 Å². The second-order valence-electron chi connectivity index (χ2n) is 2.42. The number of benzene rings is 1. The first-order chi connectivity index (χ1) is 6.00. The third-order valence-corrected chi connectivity index (χ3v) is 2.25. The van der Waals surface area contributed by atoms with Crippen LogP contribution in [-0.2, 0) is 16.5 Å². The van der Waals surface area contributed by atoms with E-state index in [1.165, 1.54) is 6.07 Å². The van der Waals surface area contributed by atoms with E-state index in [0.29, 0.717) is 0 Å². The van der Waals surface area contributed by atoms with Gasteiger partial charge in [0.1, 0.15) is 10.7 Å². The van der Waals surface area contributed by atoms with Gasteiger partial charge in [0, 0.05) is 16.7 Å². The van der Waals surface area contributed by atoms with Crippen LogP contribution >= 0.6 is 11.6 Å². The van der Waals surface area contributed by atoms with Gasteiger partial charge in [-0.3, -0.25) is 0 Å². The predicted molar refractivity (Wildman–Crippen MR) is 48.8 cm³/mol. The molecule has 0 radical (unpaired) electrons. The van der Waals surface area contributed by atoms with Crippen molar-refractivity contribution in [3.05, 3.63) is 22.7 Å². The second kappa shape index (κ2) is 3.85. The van der Waals surface area contributed by atoms with Crippen molar-refractivity contribution in [1.82, 2.24) is 0 Å². The smallest absolute Gasteiger partial charge is 0.161 e. The first kappa shape index (κ1) is 10.1. The standard InChI is InChI=1S/C7H7ClO4S/c8-5-1-4(3-13(11)12)7(10)6(9)2-5/h1-2,9-10,13H,3H2. The van der Waals surface area contributed by atoms with Gasteiger partial charge in [0.2, 0.25) is 0 Å². The number of aromatic hydroxyl groups is 2. The summed E-state index contributed by atoms with van der Waals surface area (Å²) in [6.45, 7) is 0. The number of hydrogen-bond donors (Lipinski definition) is 3. The van der Waals surface area contributed by atoms with Gasteiger partial charge in [-0.1, -0.05) is 11.6 Å². The van der Waals surface area contributed by atoms with Crippen LogP contribution in [0.15, 0.2) is 12.1 Å². The highest BCUT2D eigenvalue weighted by Gasteiger charge is 2.08. The van der Waals surface area contributed by atoms with Crippen LogP contribution < -0.4 is 0 Å². The van der Waals surface area contributed by atoms with Gasteiger partial charge in [-0.25, -0.2) is 8.42 Å². The number of hydrogen-bond acceptors (Lipinski definition) is 4. The Morgan fingerprint density at radius 1 is 1.31 bits per heavy atom. The summed E-state index contributed by atoms with van der Waals surface area (Å²) >= 11 is 5.54. The fourth-order valence-corrected chi connectivity index (χ4v) is 1.65. The molecule has 2 N–H and O–H groups in total. The third-order valence-electron chi connectivity index (χ3n) is 1.43. The van der Waals surface area contributed by atoms with Crippen molar-refractivity contribution in [1.29, 1.82) is 0 Å². The van der Waals surface area contributed by atoms with Crippen LogP contribution in [0, 0.1) is 0 Å². The summed E-state index contributed by atoms with van der Waals surface area (Å²) in [4.78, 5) is 0. The fraction of sp³-hybridized carbons (Fsp3) is 0.143. The number of phenolic OH excluding ortho intramolecular Hbond substituents is 2. The maximum Gasteiger partial charge on any atom is 0.161 e. The minimum atomic E-state index is -2.65. The van der Waals surface area contributed by atoms with Gasteiger partial charge in [0.25, 0.3) is 0 Å². The van der Waals surface area contributed by atoms with E-state index in [2.05, 4.69) is 0 Å². The average Bonchev–Trinajstić information content (AvgIpc) is 1.98. The predicted octanol–water partition coefficient (Wildman–Crippen LogP) is 0.863. The summed E-state index contributed by atoms with van der Waals surface area (Å²) in [5, 5.41) is 18.4. The van der Waals surface area contributed by atoms with Gasteiger partial charge in [-0.05, 0) is 6.07 Å². The molecule has 0 aliphatic heterocycles. The molecule has 0 fully saturated rings. The maximum atomic E-state index is 10.3. The van der Waals surface area contributed by atoms with Gasteiger partial charge in [-0.2, -0.15) is 0 Å². The molecule has 1 aromatic rings. The van der Waals surface area contributed by atoms with Crippen LogP contribution in [0.2, 0.25) is 5.02 Å². The molecule has 4 nitrogen and oxygen atoms in total. The highest BCUT2D eigenvalue weighted by molar-refractivity contribution is 7.71. The third kappa shape index (κ3) is 2.50. The first-order valence-corrected chi connectivity index (χ1v) is 5.07. The molecule has 72 valence electrons. The molecule has 13 heavy (non-hydrogen) atoms. The molecule has 0 spiro atoms. The Balaban J connectivity index is 3.20. The molecule has 0 amide bonds. The molecule has 0 unspecified atom stereocenters. The van der Waals surface area contributed by atoms with Gasteiger partial charge in [0.05, 0.1) is 5.75 Å². The zero-order valence-electron chi connectivity index (χ0n) is 6.40. The van der Waals surface area contributed by atoms with E-state index in [0.717, 1.165) is 6.07 Å². The van der Waals surface area contributed by atoms with Gasteiger partial charge in [0.15, 0.2) is 11.5 Å². The van der Waals surface area contributed by atoms with Crippen molar-refractivity contribution in [2.45, 2.75) is 5.75 Å². The van der Waals surface area contributed by atoms with Gasteiger partial charge >= 0.3 is 0 Å². The summed E-state index contributed by atoms with van der Waals surface area (Å²) in [5.74, 6) is -1.20. The van der Waals surface area contributed by atoms with E-state index < -0.39 is 22.2 Å². The minimum absolute atomic E-state index is 0.0983. The van der Waals surface area contributed by atoms with E-state index in [-0.39, 0.29) is 16.3 Å². The SMILES string of the molecule is O=[SH](=O)Cc1cc(Cl)cc(O)c1O. The van der Waals surface area contributed by atoms with E-state index in [1.54, 1.807) is 0 Å². The van der Waals surface area contributed by atoms with Crippen LogP contribution in [0.3, 0.4) is 0 Å². The normalized spacial score (nSPS) is 10.6. The molecule has 0 bridgehead atoms. The van der Waals surface area contributed by atoms with Crippen molar-refractivity contribution >= 4 is 22.3 Å². The summed E-state index contributed by atoms with van der Waals surface area (Å²) in [6, 6.07) is 2.43. The zero-order valence-corrected chi connectivity index (χ0v) is 8.05. The van der Waals surface area contributed by atoms with E-state index >= 15 is 0 Å². The van der Waals surface area contributed by atoms with Crippen molar-refractivity contribution in [3.63, 3.8) is 0 Å². The monoisotopic (exact) mass is 222 g/mol. The molecule has 0 aliphatic carbocycles. The minimum Gasteiger partial charge on any atom is -0.504 e. The Hall–Kier alpha value is -0.940. The first-order valence-electron chi connectivity index (χ1n) is 3.33. The Labute approximate surface area is 81.3 Å². The highest BCUT2D eigenvalue weighted by Crippen LogP contribution is 2.32. The van der Waals surface area contributed by atoms with Gasteiger partial charge < -0.3 is 10.2 Å². The highest BCUT2D eigenvalue weighted by atomic mass is 35.5. The summed E-state index contributed by atoms with van der Waals surface area (Å²) < 4.78 is 20.7. The van der Waals surface area contributed by atoms with Crippen LogP contribution in [0.4, 0.5) is 0 Å². The Kier molecular flexibility index (Phi) is 3.00. The number of halogens is 1. The van der Waals surface area contributed by atoms with Crippen LogP contribution in [0.5, 0.6) is 11.5 Å². The molecular formula is C7H7ClO4S. The fourth-order valence-electron chi connectivity index (χ4n) is 0.900. The molecule has 0 aromatic heterocycles. The maximum absolute atomic E-state index is 10.3. The molecule has 6 heteroatoms. The van der Waals surface area contributed by atoms with Crippen LogP contribution in [-0.4, -0.2) is 18.6 Å². The Morgan fingerprint density at radius 3 is 2.46 bits per heavy atom. The van der Waals surface area contributed by atoms with Crippen LogP contribution in [0.25, 0.3) is 0 Å². The second-order valence-corrected chi connectivity index (χ2v) is 3.84. The van der Waals surface area contributed by atoms with E-state index in [4.69, 9.17) is 16.7 Å². The van der Waals surface area contributed by atoms with Crippen molar-refractivity contribution < 1.29 is 18.6 Å². The lowest BCUT2D eigenvalue weighted by molar-refractivity contribution is 0.400. The average molecular weight is 223 g/mol. The molecule has 1 aromatic carbocycles. The molecule has 0 saturated carbocycles. The molecule has 0 aliphatic rings. The zero-order chi connectivity index (χ0) is 10.0. The van der Waals surface area contributed by atoms with Crippen LogP contribution in [0.1, 0.15) is 5.56 Å². The number of rotatable bonds is 2.